The van der Waals surface area contributed by atoms with Crippen LogP contribution >= 0.6 is 23.2 Å². The number of benzene rings is 4. The van der Waals surface area contributed by atoms with Gasteiger partial charge in [-0.05, 0) is 112 Å². The quantitative estimate of drug-likeness (QED) is 0.131. The summed E-state index contributed by atoms with van der Waals surface area (Å²) in [5, 5.41) is 1.00. The van der Waals surface area contributed by atoms with Crippen LogP contribution in [-0.4, -0.2) is 11.9 Å². The van der Waals surface area contributed by atoms with E-state index < -0.39 is 11.9 Å². The third-order valence-corrected chi connectivity index (χ3v) is 7.07. The zero-order chi connectivity index (χ0) is 29.1. The summed E-state index contributed by atoms with van der Waals surface area (Å²) in [6, 6.07) is 20.9. The predicted molar refractivity (Wildman–Crippen MR) is 162 cm³/mol. The molecular formula is C34H30Cl2O4. The summed E-state index contributed by atoms with van der Waals surface area (Å²) >= 11 is 12.1. The molecule has 0 aromatic heterocycles. The van der Waals surface area contributed by atoms with Gasteiger partial charge >= 0.3 is 11.9 Å². The first kappa shape index (κ1) is 29.1. The molecule has 0 atom stereocenters. The Morgan fingerprint density at radius 2 is 0.775 bits per heavy atom. The van der Waals surface area contributed by atoms with Crippen LogP contribution in [0.5, 0.6) is 0 Å². The molecule has 4 nitrogen and oxygen atoms in total. The van der Waals surface area contributed by atoms with Gasteiger partial charge in [0.25, 0.3) is 0 Å². The summed E-state index contributed by atoms with van der Waals surface area (Å²) in [5.74, 6) is -0.887. The third-order valence-electron chi connectivity index (χ3n) is 6.56. The largest absolute Gasteiger partial charge is 0.418 e. The van der Waals surface area contributed by atoms with E-state index in [1.807, 2.05) is 65.8 Å². The minimum absolute atomic E-state index is 0.160. The molecule has 0 saturated heterocycles. The molecule has 4 aromatic carbocycles. The van der Waals surface area contributed by atoms with Crippen LogP contribution in [0.2, 0.25) is 10.0 Å². The van der Waals surface area contributed by atoms with Crippen LogP contribution in [0.1, 0.15) is 65.2 Å². The molecule has 0 aliphatic rings. The van der Waals surface area contributed by atoms with Crippen molar-refractivity contribution in [3.63, 3.8) is 0 Å². The molecule has 0 bridgehead atoms. The molecule has 0 fully saturated rings. The molecule has 0 heterocycles. The average Bonchev–Trinajstić information content (AvgIpc) is 2.87. The zero-order valence-electron chi connectivity index (χ0n) is 23.3. The van der Waals surface area contributed by atoms with Crippen LogP contribution < -0.4 is 0 Å². The Hall–Kier alpha value is -3.86. The Bertz CT molecular complexity index is 1460. The molecule has 204 valence electrons. The number of carbonyl (C=O) groups is 2. The van der Waals surface area contributed by atoms with Gasteiger partial charge < -0.3 is 9.47 Å². The minimum Gasteiger partial charge on any atom is -0.418 e. The number of halogens is 2. The highest BCUT2D eigenvalue weighted by Gasteiger charge is 2.27. The van der Waals surface area contributed by atoms with Crippen molar-refractivity contribution >= 4 is 46.7 Å². The van der Waals surface area contributed by atoms with Crippen LogP contribution in [0.3, 0.4) is 0 Å². The second-order valence-electron chi connectivity index (χ2n) is 10.00. The van der Waals surface area contributed by atoms with E-state index in [9.17, 15) is 9.59 Å². The highest BCUT2D eigenvalue weighted by molar-refractivity contribution is 6.31. The molecule has 0 aliphatic heterocycles. The number of hydrogen-bond donors (Lipinski definition) is 0. The number of aryl methyl sites for hydroxylation is 6. The number of hydrogen-bond acceptors (Lipinski definition) is 4. The fourth-order valence-corrected chi connectivity index (χ4v) is 5.23. The summed E-state index contributed by atoms with van der Waals surface area (Å²) < 4.78 is 12.4. The van der Waals surface area contributed by atoms with Crippen molar-refractivity contribution in [3.05, 3.63) is 138 Å². The van der Waals surface area contributed by atoms with E-state index in [0.29, 0.717) is 32.3 Å². The molecule has 4 aromatic rings. The molecule has 4 rings (SSSR count). The number of carbonyl (C=O) groups excluding carboxylic acids is 2. The van der Waals surface area contributed by atoms with E-state index in [0.717, 1.165) is 33.4 Å². The first-order valence-corrected chi connectivity index (χ1v) is 13.6. The van der Waals surface area contributed by atoms with E-state index in [1.54, 1.807) is 48.5 Å². The highest BCUT2D eigenvalue weighted by atomic mass is 35.5. The van der Waals surface area contributed by atoms with Crippen molar-refractivity contribution in [2.75, 3.05) is 0 Å². The topological polar surface area (TPSA) is 52.6 Å². The van der Waals surface area contributed by atoms with Crippen LogP contribution in [0.4, 0.5) is 0 Å². The molecule has 0 aliphatic carbocycles. The van der Waals surface area contributed by atoms with Crippen LogP contribution in [0.15, 0.2) is 72.8 Å². The normalized spacial score (nSPS) is 11.6. The van der Waals surface area contributed by atoms with Gasteiger partial charge in [-0.3, -0.25) is 0 Å². The highest BCUT2D eigenvalue weighted by Crippen LogP contribution is 2.37. The van der Waals surface area contributed by atoms with Crippen LogP contribution in [0.25, 0.3) is 11.5 Å². The molecule has 0 N–H and O–H groups in total. The number of esters is 2. The fourth-order valence-electron chi connectivity index (χ4n) is 4.97. The molecule has 0 unspecified atom stereocenters. The lowest BCUT2D eigenvalue weighted by molar-refractivity contribution is 0.0646. The predicted octanol–water partition coefficient (Wildman–Crippen LogP) is 9.38. The Labute approximate surface area is 245 Å². The maximum atomic E-state index is 13.5. The number of rotatable bonds is 6. The van der Waals surface area contributed by atoms with Crippen molar-refractivity contribution in [1.82, 2.24) is 0 Å². The SMILES string of the molecule is Cc1cc(C)c(/C(OC(=O)c2ccc(Cl)cc2)=C(\OC(=O)c2ccc(Cl)cc2)c2c(C)cc(C)cc2C)c(C)c1. The number of ether oxygens (including phenoxy) is 2. The van der Waals surface area contributed by atoms with E-state index in [1.165, 1.54) is 0 Å². The fraction of sp³-hybridized carbons (Fsp3) is 0.176. The van der Waals surface area contributed by atoms with Gasteiger partial charge in [-0.15, -0.1) is 0 Å². The summed E-state index contributed by atoms with van der Waals surface area (Å²) in [6.07, 6.45) is 0. The second kappa shape index (κ2) is 12.1. The van der Waals surface area contributed by atoms with Crippen molar-refractivity contribution in [2.24, 2.45) is 0 Å². The van der Waals surface area contributed by atoms with Gasteiger partial charge in [0.05, 0.1) is 11.1 Å². The van der Waals surface area contributed by atoms with Crippen LogP contribution in [-0.2, 0) is 9.47 Å². The zero-order valence-corrected chi connectivity index (χ0v) is 24.8. The van der Waals surface area contributed by atoms with Crippen molar-refractivity contribution in [2.45, 2.75) is 41.5 Å². The van der Waals surface area contributed by atoms with Crippen LogP contribution in [0, 0.1) is 41.5 Å². The van der Waals surface area contributed by atoms with Gasteiger partial charge in [0.1, 0.15) is 0 Å². The Morgan fingerprint density at radius 3 is 1.05 bits per heavy atom. The summed E-state index contributed by atoms with van der Waals surface area (Å²) in [4.78, 5) is 27.1. The summed E-state index contributed by atoms with van der Waals surface area (Å²) in [6.45, 7) is 11.8. The van der Waals surface area contributed by atoms with Crippen molar-refractivity contribution in [3.8, 4) is 0 Å². The molecule has 6 heteroatoms. The maximum Gasteiger partial charge on any atom is 0.343 e. The van der Waals surface area contributed by atoms with Gasteiger partial charge in [-0.2, -0.15) is 0 Å². The Morgan fingerprint density at radius 1 is 0.500 bits per heavy atom. The van der Waals surface area contributed by atoms with Gasteiger partial charge in [0, 0.05) is 21.2 Å². The standard InChI is InChI=1S/C34H30Cl2O4/c1-19-15-21(3)29(22(4)16-19)31(39-33(37)25-7-11-27(35)12-8-25)32(30-23(5)17-20(2)18-24(30)6)40-34(38)26-9-13-28(36)14-10-26/h7-18H,1-6H3/b32-31+. The van der Waals surface area contributed by atoms with Gasteiger partial charge in [0.15, 0.2) is 11.5 Å². The summed E-state index contributed by atoms with van der Waals surface area (Å²) in [7, 11) is 0. The molecule has 0 spiro atoms. The van der Waals surface area contributed by atoms with E-state index in [-0.39, 0.29) is 11.5 Å². The molecular weight excluding hydrogens is 543 g/mol. The first-order chi connectivity index (χ1) is 18.9. The summed E-state index contributed by atoms with van der Waals surface area (Å²) in [5.41, 5.74) is 7.58. The van der Waals surface area contributed by atoms with Crippen molar-refractivity contribution < 1.29 is 19.1 Å². The smallest absolute Gasteiger partial charge is 0.343 e. The van der Waals surface area contributed by atoms with Crippen molar-refractivity contribution in [1.29, 1.82) is 0 Å². The van der Waals surface area contributed by atoms with Gasteiger partial charge in [-0.1, -0.05) is 58.6 Å². The maximum absolute atomic E-state index is 13.5. The van der Waals surface area contributed by atoms with E-state index in [2.05, 4.69) is 0 Å². The molecule has 0 saturated carbocycles. The molecule has 0 amide bonds. The Kier molecular flexibility index (Phi) is 8.82. The van der Waals surface area contributed by atoms with E-state index >= 15 is 0 Å². The van der Waals surface area contributed by atoms with Gasteiger partial charge in [-0.25, -0.2) is 9.59 Å². The second-order valence-corrected chi connectivity index (χ2v) is 10.9. The first-order valence-electron chi connectivity index (χ1n) is 12.8. The minimum atomic E-state index is -0.603. The van der Waals surface area contributed by atoms with Gasteiger partial charge in [0.2, 0.25) is 0 Å². The molecule has 0 radical (unpaired) electrons. The Balaban J connectivity index is 2.02. The lowest BCUT2D eigenvalue weighted by Crippen LogP contribution is -2.14. The lowest BCUT2D eigenvalue weighted by Gasteiger charge is -2.22. The average molecular weight is 574 g/mol. The molecule has 40 heavy (non-hydrogen) atoms. The third kappa shape index (κ3) is 6.47. The van der Waals surface area contributed by atoms with E-state index in [4.69, 9.17) is 32.7 Å². The monoisotopic (exact) mass is 572 g/mol. The lowest BCUT2D eigenvalue weighted by atomic mass is 9.93.